The first-order chi connectivity index (χ1) is 7.19. The molecular formula is C10H18BrNO3. The maximum absolute atomic E-state index is 11.3. The second-order valence-corrected chi connectivity index (χ2v) is 4.73. The van der Waals surface area contributed by atoms with E-state index in [0.717, 1.165) is 26.2 Å². The molecule has 0 spiro atoms. The van der Waals surface area contributed by atoms with Crippen LogP contribution in [0.25, 0.3) is 0 Å². The van der Waals surface area contributed by atoms with Crippen LogP contribution in [0.3, 0.4) is 0 Å². The number of methoxy groups -OCH3 is 1. The minimum atomic E-state index is -0.241. The van der Waals surface area contributed by atoms with E-state index in [1.165, 1.54) is 7.11 Å². The summed E-state index contributed by atoms with van der Waals surface area (Å²) in [5, 5.41) is 0. The predicted octanol–water partition coefficient (Wildman–Crippen LogP) is 1.03. The van der Waals surface area contributed by atoms with Gasteiger partial charge in [-0.2, -0.15) is 0 Å². The molecule has 1 aliphatic rings. The van der Waals surface area contributed by atoms with Crippen LogP contribution in [0.1, 0.15) is 13.3 Å². The Labute approximate surface area is 99.0 Å². The van der Waals surface area contributed by atoms with Crippen LogP contribution in [0, 0.1) is 0 Å². The van der Waals surface area contributed by atoms with Crippen LogP contribution < -0.4 is 0 Å². The van der Waals surface area contributed by atoms with Gasteiger partial charge in [0.1, 0.15) is 4.83 Å². The second kappa shape index (κ2) is 6.45. The number of morpholine rings is 1. The summed E-state index contributed by atoms with van der Waals surface area (Å²) in [6.45, 7) is 5.22. The summed E-state index contributed by atoms with van der Waals surface area (Å²) in [6.07, 6.45) is 1.04. The molecule has 2 unspecified atom stereocenters. The molecule has 0 bridgehead atoms. The highest BCUT2D eigenvalue weighted by atomic mass is 79.9. The van der Waals surface area contributed by atoms with E-state index >= 15 is 0 Å². The summed E-state index contributed by atoms with van der Waals surface area (Å²) in [5.41, 5.74) is 0. The van der Waals surface area contributed by atoms with Crippen LogP contribution in [-0.2, 0) is 14.3 Å². The van der Waals surface area contributed by atoms with Crippen molar-refractivity contribution >= 4 is 21.9 Å². The van der Waals surface area contributed by atoms with Crippen molar-refractivity contribution in [2.75, 3.05) is 33.4 Å². The number of nitrogens with zero attached hydrogens (tertiary/aromatic N) is 1. The molecule has 0 N–H and O–H groups in total. The maximum Gasteiger partial charge on any atom is 0.320 e. The summed E-state index contributed by atoms with van der Waals surface area (Å²) >= 11 is 3.34. The standard InChI is InChI=1S/C10H18BrNO3/c1-3-8-7-15-5-4-12(8)6-9(11)10(13)14-2/h8-9H,3-7H2,1-2H3. The van der Waals surface area contributed by atoms with E-state index in [1.54, 1.807) is 0 Å². The van der Waals surface area contributed by atoms with Gasteiger partial charge in [-0.25, -0.2) is 0 Å². The molecule has 15 heavy (non-hydrogen) atoms. The van der Waals surface area contributed by atoms with Gasteiger partial charge in [-0.15, -0.1) is 0 Å². The molecule has 0 aromatic rings. The van der Waals surface area contributed by atoms with Gasteiger partial charge < -0.3 is 9.47 Å². The van der Waals surface area contributed by atoms with Gasteiger partial charge in [0, 0.05) is 19.1 Å². The topological polar surface area (TPSA) is 38.8 Å². The molecular weight excluding hydrogens is 262 g/mol. The monoisotopic (exact) mass is 279 g/mol. The molecule has 1 heterocycles. The van der Waals surface area contributed by atoms with Crippen molar-refractivity contribution in [1.29, 1.82) is 0 Å². The van der Waals surface area contributed by atoms with Crippen LogP contribution in [-0.4, -0.2) is 55.2 Å². The molecule has 5 heteroatoms. The lowest BCUT2D eigenvalue weighted by molar-refractivity contribution is -0.140. The summed E-state index contributed by atoms with van der Waals surface area (Å²) in [6, 6.07) is 0.420. The number of hydrogen-bond donors (Lipinski definition) is 0. The average molecular weight is 280 g/mol. The average Bonchev–Trinajstić information content (AvgIpc) is 2.28. The lowest BCUT2D eigenvalue weighted by atomic mass is 10.1. The molecule has 0 amide bonds. The van der Waals surface area contributed by atoms with Crippen LogP contribution in [0.15, 0.2) is 0 Å². The number of carbonyl (C=O) groups is 1. The first kappa shape index (κ1) is 12.9. The molecule has 4 nitrogen and oxygen atoms in total. The minimum Gasteiger partial charge on any atom is -0.468 e. The quantitative estimate of drug-likeness (QED) is 0.569. The second-order valence-electron chi connectivity index (χ2n) is 3.62. The Bertz CT molecular complexity index is 213. The number of hydrogen-bond acceptors (Lipinski definition) is 4. The molecule has 0 aliphatic carbocycles. The van der Waals surface area contributed by atoms with Gasteiger partial charge in [-0.05, 0) is 6.42 Å². The Balaban J connectivity index is 2.43. The third kappa shape index (κ3) is 3.74. The zero-order valence-electron chi connectivity index (χ0n) is 9.24. The lowest BCUT2D eigenvalue weighted by Gasteiger charge is -2.35. The lowest BCUT2D eigenvalue weighted by Crippen LogP contribution is -2.48. The molecule has 1 aliphatic heterocycles. The van der Waals surface area contributed by atoms with Gasteiger partial charge >= 0.3 is 5.97 Å². The molecule has 1 saturated heterocycles. The Hall–Kier alpha value is -0.130. The predicted molar refractivity (Wildman–Crippen MR) is 61.2 cm³/mol. The van der Waals surface area contributed by atoms with Crippen molar-refractivity contribution in [2.24, 2.45) is 0 Å². The fourth-order valence-electron chi connectivity index (χ4n) is 1.71. The number of esters is 1. The largest absolute Gasteiger partial charge is 0.468 e. The summed E-state index contributed by atoms with van der Waals surface area (Å²) in [5.74, 6) is -0.212. The van der Waals surface area contributed by atoms with Gasteiger partial charge in [0.05, 0.1) is 20.3 Å². The number of ether oxygens (including phenoxy) is 2. The third-order valence-corrected chi connectivity index (χ3v) is 3.34. The van der Waals surface area contributed by atoms with Crippen molar-refractivity contribution in [2.45, 2.75) is 24.2 Å². The van der Waals surface area contributed by atoms with E-state index in [2.05, 4.69) is 32.5 Å². The van der Waals surface area contributed by atoms with Gasteiger partial charge in [0.25, 0.3) is 0 Å². The minimum absolute atomic E-state index is 0.212. The summed E-state index contributed by atoms with van der Waals surface area (Å²) in [7, 11) is 1.41. The first-order valence-corrected chi connectivity index (χ1v) is 6.14. The summed E-state index contributed by atoms with van der Waals surface area (Å²) in [4.78, 5) is 13.3. The van der Waals surface area contributed by atoms with E-state index in [4.69, 9.17) is 4.74 Å². The number of alkyl halides is 1. The molecule has 1 fully saturated rings. The number of halogens is 1. The fraction of sp³-hybridized carbons (Fsp3) is 0.900. The van der Waals surface area contributed by atoms with Crippen LogP contribution in [0.2, 0.25) is 0 Å². The van der Waals surface area contributed by atoms with Crippen molar-refractivity contribution in [3.8, 4) is 0 Å². The third-order valence-electron chi connectivity index (χ3n) is 2.67. The van der Waals surface area contributed by atoms with E-state index in [1.807, 2.05) is 0 Å². The van der Waals surface area contributed by atoms with E-state index < -0.39 is 0 Å². The molecule has 88 valence electrons. The highest BCUT2D eigenvalue weighted by molar-refractivity contribution is 9.10. The SMILES string of the molecule is CCC1COCCN1CC(Br)C(=O)OC. The van der Waals surface area contributed by atoms with Crippen molar-refractivity contribution in [3.63, 3.8) is 0 Å². The van der Waals surface area contributed by atoms with Gasteiger partial charge in [-0.1, -0.05) is 22.9 Å². The fourth-order valence-corrected chi connectivity index (χ4v) is 2.27. The Kier molecular flexibility index (Phi) is 5.56. The molecule has 0 aromatic carbocycles. The zero-order chi connectivity index (χ0) is 11.3. The van der Waals surface area contributed by atoms with E-state index in [9.17, 15) is 4.79 Å². The van der Waals surface area contributed by atoms with Gasteiger partial charge in [0.15, 0.2) is 0 Å². The van der Waals surface area contributed by atoms with Crippen LogP contribution >= 0.6 is 15.9 Å². The van der Waals surface area contributed by atoms with Crippen LogP contribution in [0.4, 0.5) is 0 Å². The van der Waals surface area contributed by atoms with Crippen LogP contribution in [0.5, 0.6) is 0 Å². The first-order valence-electron chi connectivity index (χ1n) is 5.22. The Morgan fingerprint density at radius 3 is 3.07 bits per heavy atom. The molecule has 2 atom stereocenters. The van der Waals surface area contributed by atoms with E-state index in [-0.39, 0.29) is 10.8 Å². The normalized spacial score (nSPS) is 24.9. The highest BCUT2D eigenvalue weighted by Gasteiger charge is 2.26. The van der Waals surface area contributed by atoms with E-state index in [0.29, 0.717) is 12.6 Å². The molecule has 1 rings (SSSR count). The molecule has 0 saturated carbocycles. The molecule has 0 aromatic heterocycles. The maximum atomic E-state index is 11.3. The number of carbonyl (C=O) groups excluding carboxylic acids is 1. The zero-order valence-corrected chi connectivity index (χ0v) is 10.8. The van der Waals surface area contributed by atoms with Gasteiger partial charge in [-0.3, -0.25) is 9.69 Å². The highest BCUT2D eigenvalue weighted by Crippen LogP contribution is 2.14. The van der Waals surface area contributed by atoms with Crippen molar-refractivity contribution in [3.05, 3.63) is 0 Å². The molecule has 0 radical (unpaired) electrons. The van der Waals surface area contributed by atoms with Crippen molar-refractivity contribution in [1.82, 2.24) is 4.90 Å². The van der Waals surface area contributed by atoms with Crippen molar-refractivity contribution < 1.29 is 14.3 Å². The Morgan fingerprint density at radius 1 is 1.73 bits per heavy atom. The van der Waals surface area contributed by atoms with Gasteiger partial charge in [0.2, 0.25) is 0 Å². The number of rotatable bonds is 4. The summed E-state index contributed by atoms with van der Waals surface area (Å²) < 4.78 is 10.1. The Morgan fingerprint density at radius 2 is 2.47 bits per heavy atom. The smallest absolute Gasteiger partial charge is 0.320 e.